The fraction of sp³-hybridized carbons (Fsp3) is 0.182. The van der Waals surface area contributed by atoms with Crippen LogP contribution in [0.5, 0.6) is 0 Å². The average molecular weight is 239 g/mol. The minimum absolute atomic E-state index is 0.579. The maximum Gasteiger partial charge on any atom is 0.133 e. The fourth-order valence-corrected chi connectivity index (χ4v) is 2.14. The van der Waals surface area contributed by atoms with Crippen LogP contribution in [0.3, 0.4) is 0 Å². The van der Waals surface area contributed by atoms with Crippen LogP contribution in [0.1, 0.15) is 11.1 Å². The zero-order chi connectivity index (χ0) is 10.5. The van der Waals surface area contributed by atoms with E-state index in [1.165, 1.54) is 5.56 Å². The highest BCUT2D eigenvalue weighted by Crippen LogP contribution is 2.11. The van der Waals surface area contributed by atoms with Crippen LogP contribution in [-0.4, -0.2) is 4.98 Å². The number of thiophene rings is 1. The molecule has 0 saturated carbocycles. The monoisotopic (exact) mass is 238 g/mol. The van der Waals surface area contributed by atoms with E-state index in [2.05, 4.69) is 27.1 Å². The maximum atomic E-state index is 5.94. The van der Waals surface area contributed by atoms with Crippen LogP contribution in [0.2, 0.25) is 5.15 Å². The molecule has 0 radical (unpaired) electrons. The van der Waals surface area contributed by atoms with Crippen molar-refractivity contribution < 1.29 is 0 Å². The number of hydrogen-bond acceptors (Lipinski definition) is 3. The summed E-state index contributed by atoms with van der Waals surface area (Å²) in [5.74, 6) is 0. The van der Waals surface area contributed by atoms with Crippen molar-refractivity contribution >= 4 is 22.9 Å². The van der Waals surface area contributed by atoms with Gasteiger partial charge in [-0.1, -0.05) is 17.7 Å². The average Bonchev–Trinajstić information content (AvgIpc) is 2.74. The molecule has 2 aromatic rings. The van der Waals surface area contributed by atoms with Crippen LogP contribution in [0.4, 0.5) is 0 Å². The van der Waals surface area contributed by atoms with E-state index in [1.807, 2.05) is 12.1 Å². The first-order chi connectivity index (χ1) is 7.36. The second-order valence-corrected chi connectivity index (χ2v) is 4.33. The van der Waals surface area contributed by atoms with E-state index in [0.29, 0.717) is 5.15 Å². The molecule has 0 bridgehead atoms. The summed E-state index contributed by atoms with van der Waals surface area (Å²) in [6.45, 7) is 1.62. The quantitative estimate of drug-likeness (QED) is 0.828. The molecule has 0 amide bonds. The van der Waals surface area contributed by atoms with E-state index in [1.54, 1.807) is 17.5 Å². The van der Waals surface area contributed by atoms with Gasteiger partial charge >= 0.3 is 0 Å². The van der Waals surface area contributed by atoms with E-state index >= 15 is 0 Å². The number of nitrogens with zero attached hydrogens (tertiary/aromatic N) is 1. The number of nitrogens with one attached hydrogen (secondary N) is 1. The number of pyridine rings is 1. The number of halogens is 1. The van der Waals surface area contributed by atoms with Gasteiger partial charge in [0.1, 0.15) is 5.15 Å². The predicted molar refractivity (Wildman–Crippen MR) is 64.1 cm³/mol. The molecule has 15 heavy (non-hydrogen) atoms. The minimum atomic E-state index is 0.579. The summed E-state index contributed by atoms with van der Waals surface area (Å²) in [5.41, 5.74) is 2.34. The van der Waals surface area contributed by atoms with Crippen LogP contribution in [0.25, 0.3) is 0 Å². The van der Waals surface area contributed by atoms with Crippen molar-refractivity contribution in [3.8, 4) is 0 Å². The molecular weight excluding hydrogens is 228 g/mol. The van der Waals surface area contributed by atoms with Crippen LogP contribution < -0.4 is 5.32 Å². The summed E-state index contributed by atoms with van der Waals surface area (Å²) in [6, 6.07) is 5.99. The lowest BCUT2D eigenvalue weighted by molar-refractivity contribution is 0.693. The van der Waals surface area contributed by atoms with Gasteiger partial charge in [-0.25, -0.2) is 4.98 Å². The van der Waals surface area contributed by atoms with Gasteiger partial charge in [-0.15, -0.1) is 0 Å². The van der Waals surface area contributed by atoms with E-state index < -0.39 is 0 Å². The molecular formula is C11H11ClN2S. The molecule has 1 N–H and O–H groups in total. The molecule has 0 atom stereocenters. The summed E-state index contributed by atoms with van der Waals surface area (Å²) in [7, 11) is 0. The Morgan fingerprint density at radius 2 is 2.27 bits per heavy atom. The first-order valence-corrected chi connectivity index (χ1v) is 5.99. The van der Waals surface area contributed by atoms with Gasteiger partial charge in [0.15, 0.2) is 0 Å². The molecule has 0 saturated heterocycles. The molecule has 0 spiro atoms. The highest BCUT2D eigenvalue weighted by atomic mass is 35.5. The van der Waals surface area contributed by atoms with Crippen molar-refractivity contribution in [3.63, 3.8) is 0 Å². The molecule has 0 unspecified atom stereocenters. The van der Waals surface area contributed by atoms with Gasteiger partial charge in [0.2, 0.25) is 0 Å². The van der Waals surface area contributed by atoms with Gasteiger partial charge in [0.05, 0.1) is 0 Å². The highest BCUT2D eigenvalue weighted by Gasteiger charge is 1.99. The summed E-state index contributed by atoms with van der Waals surface area (Å²) < 4.78 is 0. The van der Waals surface area contributed by atoms with Crippen molar-refractivity contribution in [2.45, 2.75) is 13.1 Å². The Morgan fingerprint density at radius 1 is 1.33 bits per heavy atom. The summed E-state index contributed by atoms with van der Waals surface area (Å²) in [5, 5.41) is 8.12. The SMILES string of the molecule is Clc1ncccc1CNCc1ccsc1. The van der Waals surface area contributed by atoms with Gasteiger partial charge in [-0.05, 0) is 28.5 Å². The maximum absolute atomic E-state index is 5.94. The van der Waals surface area contributed by atoms with Crippen molar-refractivity contribution in [2.75, 3.05) is 0 Å². The van der Waals surface area contributed by atoms with Crippen LogP contribution in [-0.2, 0) is 13.1 Å². The first kappa shape index (κ1) is 10.6. The summed E-state index contributed by atoms with van der Waals surface area (Å²) in [6.07, 6.45) is 1.70. The van der Waals surface area contributed by atoms with Crippen molar-refractivity contribution in [3.05, 3.63) is 51.4 Å². The molecule has 0 aliphatic heterocycles. The third-order valence-electron chi connectivity index (χ3n) is 2.06. The smallest absolute Gasteiger partial charge is 0.133 e. The Labute approximate surface area is 97.9 Å². The zero-order valence-electron chi connectivity index (χ0n) is 8.11. The Bertz CT molecular complexity index is 414. The second kappa shape index (κ2) is 5.26. The molecule has 2 nitrogen and oxygen atoms in total. The summed E-state index contributed by atoms with van der Waals surface area (Å²) >= 11 is 7.65. The lowest BCUT2D eigenvalue weighted by Crippen LogP contribution is -2.12. The minimum Gasteiger partial charge on any atom is -0.308 e. The molecule has 4 heteroatoms. The standard InChI is InChI=1S/C11H11ClN2S/c12-11-10(2-1-4-14-11)7-13-6-9-3-5-15-8-9/h1-5,8,13H,6-7H2. The predicted octanol–water partition coefficient (Wildman–Crippen LogP) is 3.09. The van der Waals surface area contributed by atoms with Crippen LogP contribution in [0, 0.1) is 0 Å². The van der Waals surface area contributed by atoms with Gasteiger partial charge in [0.25, 0.3) is 0 Å². The van der Waals surface area contributed by atoms with Crippen molar-refractivity contribution in [2.24, 2.45) is 0 Å². The number of aromatic nitrogens is 1. The lowest BCUT2D eigenvalue weighted by atomic mass is 10.2. The third-order valence-corrected chi connectivity index (χ3v) is 3.13. The molecule has 2 aromatic heterocycles. The third kappa shape index (κ3) is 3.02. The van der Waals surface area contributed by atoms with E-state index in [4.69, 9.17) is 11.6 Å². The van der Waals surface area contributed by atoms with Crippen LogP contribution >= 0.6 is 22.9 Å². The second-order valence-electron chi connectivity index (χ2n) is 3.19. The number of rotatable bonds is 4. The largest absolute Gasteiger partial charge is 0.308 e. The van der Waals surface area contributed by atoms with Gasteiger partial charge < -0.3 is 5.32 Å². The zero-order valence-corrected chi connectivity index (χ0v) is 9.68. The normalized spacial score (nSPS) is 10.5. The topological polar surface area (TPSA) is 24.9 Å². The highest BCUT2D eigenvalue weighted by molar-refractivity contribution is 7.07. The van der Waals surface area contributed by atoms with Crippen molar-refractivity contribution in [1.82, 2.24) is 10.3 Å². The fourth-order valence-electron chi connectivity index (χ4n) is 1.29. The number of hydrogen-bond donors (Lipinski definition) is 1. The molecule has 0 aliphatic rings. The Morgan fingerprint density at radius 3 is 3.00 bits per heavy atom. The van der Waals surface area contributed by atoms with Crippen LogP contribution in [0.15, 0.2) is 35.2 Å². The van der Waals surface area contributed by atoms with Crippen molar-refractivity contribution in [1.29, 1.82) is 0 Å². The van der Waals surface area contributed by atoms with Gasteiger partial charge in [-0.3, -0.25) is 0 Å². The summed E-state index contributed by atoms with van der Waals surface area (Å²) in [4.78, 5) is 4.02. The molecule has 78 valence electrons. The van der Waals surface area contributed by atoms with Gasteiger partial charge in [0, 0.05) is 24.8 Å². The van der Waals surface area contributed by atoms with E-state index in [-0.39, 0.29) is 0 Å². The molecule has 2 heterocycles. The first-order valence-electron chi connectivity index (χ1n) is 4.67. The Hall–Kier alpha value is -0.900. The molecule has 0 fully saturated rings. The van der Waals surface area contributed by atoms with E-state index in [0.717, 1.165) is 18.7 Å². The van der Waals surface area contributed by atoms with Gasteiger partial charge in [-0.2, -0.15) is 11.3 Å². The molecule has 0 aromatic carbocycles. The Kier molecular flexibility index (Phi) is 3.72. The molecule has 0 aliphatic carbocycles. The van der Waals surface area contributed by atoms with E-state index in [9.17, 15) is 0 Å². The molecule has 2 rings (SSSR count). The lowest BCUT2D eigenvalue weighted by Gasteiger charge is -2.04. The Balaban J connectivity index is 1.86.